The van der Waals surface area contributed by atoms with Gasteiger partial charge in [-0.1, -0.05) is 6.92 Å². The highest BCUT2D eigenvalue weighted by molar-refractivity contribution is 5.92. The monoisotopic (exact) mass is 236 g/mol. The number of likely N-dealkylation sites (N-methyl/N-ethyl adjacent to an activating group) is 1. The van der Waals surface area contributed by atoms with Crippen molar-refractivity contribution >= 4 is 5.91 Å². The number of nitrogens with one attached hydrogen (secondary N) is 1. The fraction of sp³-hybridized carbons (Fsp3) is 0.667. The summed E-state index contributed by atoms with van der Waals surface area (Å²) in [5.41, 5.74) is 0.591. The zero-order chi connectivity index (χ0) is 12.3. The molecule has 0 radical (unpaired) electrons. The highest BCUT2D eigenvalue weighted by Crippen LogP contribution is 2.16. The Kier molecular flexibility index (Phi) is 3.78. The molecular weight excluding hydrogens is 216 g/mol. The topological polar surface area (TPSA) is 52.2 Å². The van der Waals surface area contributed by atoms with Crippen molar-refractivity contribution < 1.29 is 4.79 Å². The first-order valence-electron chi connectivity index (χ1n) is 6.21. The van der Waals surface area contributed by atoms with Crippen molar-refractivity contribution in [1.82, 2.24) is 20.0 Å². The minimum absolute atomic E-state index is 0.0738. The first-order chi connectivity index (χ1) is 8.22. The quantitative estimate of drug-likeness (QED) is 0.847. The SMILES string of the molecule is CCCN(C(=O)c1ccn[nH]1)C1CCN(C)C1. The zero-order valence-corrected chi connectivity index (χ0v) is 10.5. The van der Waals surface area contributed by atoms with Gasteiger partial charge in [0.2, 0.25) is 0 Å². The Balaban J connectivity index is 2.09. The molecule has 0 aromatic carbocycles. The van der Waals surface area contributed by atoms with E-state index in [9.17, 15) is 4.79 Å². The van der Waals surface area contributed by atoms with Gasteiger partial charge in [-0.05, 0) is 32.5 Å². The van der Waals surface area contributed by atoms with Crippen LogP contribution in [0.4, 0.5) is 0 Å². The molecular formula is C12H20N4O. The molecule has 0 bridgehead atoms. The molecule has 0 spiro atoms. The summed E-state index contributed by atoms with van der Waals surface area (Å²) < 4.78 is 0. The lowest BCUT2D eigenvalue weighted by Crippen LogP contribution is -2.42. The molecule has 94 valence electrons. The summed E-state index contributed by atoms with van der Waals surface area (Å²) in [6.45, 7) is 4.96. The molecule has 1 aromatic heterocycles. The molecule has 1 N–H and O–H groups in total. The van der Waals surface area contributed by atoms with Gasteiger partial charge in [-0.3, -0.25) is 9.89 Å². The minimum Gasteiger partial charge on any atom is -0.333 e. The van der Waals surface area contributed by atoms with Crippen LogP contribution in [0.2, 0.25) is 0 Å². The number of aromatic amines is 1. The van der Waals surface area contributed by atoms with Crippen LogP contribution in [-0.4, -0.2) is 58.6 Å². The molecule has 1 atom stereocenters. The molecule has 1 fully saturated rings. The summed E-state index contributed by atoms with van der Waals surface area (Å²) >= 11 is 0. The summed E-state index contributed by atoms with van der Waals surface area (Å²) in [7, 11) is 2.10. The molecule has 1 aliphatic heterocycles. The number of aromatic nitrogens is 2. The van der Waals surface area contributed by atoms with Gasteiger partial charge >= 0.3 is 0 Å². The third-order valence-corrected chi connectivity index (χ3v) is 3.26. The number of hydrogen-bond donors (Lipinski definition) is 1. The van der Waals surface area contributed by atoms with E-state index in [0.717, 1.165) is 32.5 Å². The Morgan fingerprint density at radius 1 is 1.71 bits per heavy atom. The van der Waals surface area contributed by atoms with E-state index >= 15 is 0 Å². The van der Waals surface area contributed by atoms with Crippen LogP contribution in [-0.2, 0) is 0 Å². The van der Waals surface area contributed by atoms with Gasteiger partial charge in [0, 0.05) is 25.3 Å². The second-order valence-electron chi connectivity index (χ2n) is 4.67. The van der Waals surface area contributed by atoms with Gasteiger partial charge in [0.1, 0.15) is 5.69 Å². The van der Waals surface area contributed by atoms with E-state index in [1.165, 1.54) is 0 Å². The second kappa shape index (κ2) is 5.31. The summed E-state index contributed by atoms with van der Waals surface area (Å²) in [5, 5.41) is 6.60. The normalized spacial score (nSPS) is 20.7. The van der Waals surface area contributed by atoms with Crippen molar-refractivity contribution in [3.8, 4) is 0 Å². The molecule has 1 unspecified atom stereocenters. The van der Waals surface area contributed by atoms with Crippen LogP contribution in [0, 0.1) is 0 Å². The average Bonchev–Trinajstić information content (AvgIpc) is 2.95. The van der Waals surface area contributed by atoms with Crippen molar-refractivity contribution in [1.29, 1.82) is 0 Å². The first-order valence-corrected chi connectivity index (χ1v) is 6.21. The molecule has 2 heterocycles. The summed E-state index contributed by atoms with van der Waals surface area (Å²) in [6, 6.07) is 2.08. The van der Waals surface area contributed by atoms with Crippen LogP contribution in [0.15, 0.2) is 12.3 Å². The largest absolute Gasteiger partial charge is 0.333 e. The van der Waals surface area contributed by atoms with Gasteiger partial charge in [-0.2, -0.15) is 5.10 Å². The van der Waals surface area contributed by atoms with Crippen molar-refractivity contribution in [3.63, 3.8) is 0 Å². The van der Waals surface area contributed by atoms with Crippen molar-refractivity contribution in [2.75, 3.05) is 26.7 Å². The Bertz CT molecular complexity index is 363. The summed E-state index contributed by atoms with van der Waals surface area (Å²) in [6.07, 6.45) is 3.68. The van der Waals surface area contributed by atoms with E-state index in [2.05, 4.69) is 29.1 Å². The van der Waals surface area contributed by atoms with Crippen LogP contribution in [0.3, 0.4) is 0 Å². The highest BCUT2D eigenvalue weighted by Gasteiger charge is 2.29. The maximum atomic E-state index is 12.3. The predicted molar refractivity (Wildman–Crippen MR) is 65.8 cm³/mol. The number of likely N-dealkylation sites (tertiary alicyclic amines) is 1. The first kappa shape index (κ1) is 12.1. The lowest BCUT2D eigenvalue weighted by atomic mass is 10.2. The van der Waals surface area contributed by atoms with Crippen molar-refractivity contribution in [2.45, 2.75) is 25.8 Å². The zero-order valence-electron chi connectivity index (χ0n) is 10.5. The number of H-pyrrole nitrogens is 1. The molecule has 2 rings (SSSR count). The average molecular weight is 236 g/mol. The maximum Gasteiger partial charge on any atom is 0.272 e. The standard InChI is InChI=1S/C12H20N4O/c1-3-7-16(10-5-8-15(2)9-10)12(17)11-4-6-13-14-11/h4,6,10H,3,5,7-9H2,1-2H3,(H,13,14). The van der Waals surface area contributed by atoms with Crippen LogP contribution < -0.4 is 0 Å². The number of hydrogen-bond acceptors (Lipinski definition) is 3. The lowest BCUT2D eigenvalue weighted by molar-refractivity contribution is 0.0678. The molecule has 1 saturated heterocycles. The number of nitrogens with zero attached hydrogens (tertiary/aromatic N) is 3. The van der Waals surface area contributed by atoms with Crippen LogP contribution >= 0.6 is 0 Å². The van der Waals surface area contributed by atoms with E-state index in [0.29, 0.717) is 11.7 Å². The maximum absolute atomic E-state index is 12.3. The Labute approximate surface area is 102 Å². The van der Waals surface area contributed by atoms with Gasteiger partial charge in [-0.15, -0.1) is 0 Å². The fourth-order valence-electron chi connectivity index (χ4n) is 2.39. The lowest BCUT2D eigenvalue weighted by Gasteiger charge is -2.28. The smallest absolute Gasteiger partial charge is 0.272 e. The molecule has 17 heavy (non-hydrogen) atoms. The van der Waals surface area contributed by atoms with Gasteiger partial charge in [0.05, 0.1) is 0 Å². The van der Waals surface area contributed by atoms with E-state index in [1.807, 2.05) is 4.90 Å². The van der Waals surface area contributed by atoms with E-state index in [-0.39, 0.29) is 5.91 Å². The van der Waals surface area contributed by atoms with Crippen molar-refractivity contribution in [3.05, 3.63) is 18.0 Å². The highest BCUT2D eigenvalue weighted by atomic mass is 16.2. The molecule has 5 heteroatoms. The summed E-state index contributed by atoms with van der Waals surface area (Å²) in [4.78, 5) is 16.6. The third-order valence-electron chi connectivity index (χ3n) is 3.26. The number of carbonyl (C=O) groups is 1. The molecule has 1 aliphatic rings. The molecule has 0 aliphatic carbocycles. The van der Waals surface area contributed by atoms with Crippen LogP contribution in [0.25, 0.3) is 0 Å². The van der Waals surface area contributed by atoms with Gasteiger partial charge in [0.25, 0.3) is 5.91 Å². The van der Waals surface area contributed by atoms with Gasteiger partial charge < -0.3 is 9.80 Å². The van der Waals surface area contributed by atoms with Gasteiger partial charge in [0.15, 0.2) is 0 Å². The number of rotatable bonds is 4. The number of amides is 1. The second-order valence-corrected chi connectivity index (χ2v) is 4.67. The molecule has 1 amide bonds. The third kappa shape index (κ3) is 2.66. The van der Waals surface area contributed by atoms with Crippen molar-refractivity contribution in [2.24, 2.45) is 0 Å². The molecule has 5 nitrogen and oxygen atoms in total. The molecule has 1 aromatic rings. The number of carbonyl (C=O) groups excluding carboxylic acids is 1. The summed E-state index contributed by atoms with van der Waals surface area (Å²) in [5.74, 6) is 0.0738. The minimum atomic E-state index is 0.0738. The fourth-order valence-corrected chi connectivity index (χ4v) is 2.39. The predicted octanol–water partition coefficient (Wildman–Crippen LogP) is 0.966. The van der Waals surface area contributed by atoms with Gasteiger partial charge in [-0.25, -0.2) is 0 Å². The van der Waals surface area contributed by atoms with Crippen LogP contribution in [0.1, 0.15) is 30.3 Å². The Morgan fingerprint density at radius 3 is 3.06 bits per heavy atom. The van der Waals surface area contributed by atoms with E-state index < -0.39 is 0 Å². The van der Waals surface area contributed by atoms with E-state index in [1.54, 1.807) is 12.3 Å². The Hall–Kier alpha value is -1.36. The van der Waals surface area contributed by atoms with E-state index in [4.69, 9.17) is 0 Å². The Morgan fingerprint density at radius 2 is 2.53 bits per heavy atom. The molecule has 0 saturated carbocycles. The van der Waals surface area contributed by atoms with Crippen LogP contribution in [0.5, 0.6) is 0 Å².